The lowest BCUT2D eigenvalue weighted by Gasteiger charge is -2.08. The second-order valence-electron chi connectivity index (χ2n) is 7.42. The van der Waals surface area contributed by atoms with Gasteiger partial charge in [0.1, 0.15) is 0 Å². The van der Waals surface area contributed by atoms with Gasteiger partial charge in [-0.05, 0) is 55.0 Å². The van der Waals surface area contributed by atoms with Crippen LogP contribution < -0.4 is 9.52 Å². The van der Waals surface area contributed by atoms with Gasteiger partial charge in [-0.15, -0.1) is 0 Å². The maximum Gasteiger partial charge on any atom is 0.279 e. The molecule has 7 nitrogen and oxygen atoms in total. The van der Waals surface area contributed by atoms with E-state index in [2.05, 4.69) is 15.8 Å². The van der Waals surface area contributed by atoms with Crippen LogP contribution in [0.25, 0.3) is 10.2 Å². The third-order valence-electron chi connectivity index (χ3n) is 4.97. The van der Waals surface area contributed by atoms with E-state index in [9.17, 15) is 13.2 Å². The number of benzene rings is 3. The number of hydrogen-bond donors (Lipinski definition) is 1. The predicted octanol–water partition coefficient (Wildman–Crippen LogP) is 4.20. The molecular formula is C24H23N3O4S2. The van der Waals surface area contributed by atoms with E-state index in [1.807, 2.05) is 23.6 Å². The summed E-state index contributed by atoms with van der Waals surface area (Å²) < 4.78 is 36.0. The summed E-state index contributed by atoms with van der Waals surface area (Å²) in [6, 6.07) is 20.5. The highest BCUT2D eigenvalue weighted by atomic mass is 32.2. The Labute approximate surface area is 196 Å². The summed E-state index contributed by atoms with van der Waals surface area (Å²) in [4.78, 5) is 18.1. The van der Waals surface area contributed by atoms with Crippen molar-refractivity contribution in [3.05, 3.63) is 88.7 Å². The lowest BCUT2D eigenvalue weighted by molar-refractivity contribution is 0.0997. The van der Waals surface area contributed by atoms with Crippen molar-refractivity contribution < 1.29 is 17.9 Å². The maximum absolute atomic E-state index is 13.0. The Hall–Kier alpha value is -3.27. The summed E-state index contributed by atoms with van der Waals surface area (Å²) in [6.07, 6.45) is 0. The fourth-order valence-corrected chi connectivity index (χ4v) is 5.57. The minimum absolute atomic E-state index is 0.145. The Morgan fingerprint density at radius 2 is 1.85 bits per heavy atom. The molecule has 0 saturated heterocycles. The first-order valence-corrected chi connectivity index (χ1v) is 12.5. The average molecular weight is 482 g/mol. The number of methoxy groups -OCH3 is 1. The summed E-state index contributed by atoms with van der Waals surface area (Å²) in [5, 5.41) is 0. The van der Waals surface area contributed by atoms with Gasteiger partial charge in [0.15, 0.2) is 4.80 Å². The number of aromatic nitrogens is 1. The highest BCUT2D eigenvalue weighted by Gasteiger charge is 2.15. The molecule has 0 radical (unpaired) electrons. The van der Waals surface area contributed by atoms with Gasteiger partial charge in [-0.2, -0.15) is 4.99 Å². The van der Waals surface area contributed by atoms with Crippen LogP contribution in [0.3, 0.4) is 0 Å². The Morgan fingerprint density at radius 3 is 2.61 bits per heavy atom. The summed E-state index contributed by atoms with van der Waals surface area (Å²) in [5.41, 5.74) is 2.69. The van der Waals surface area contributed by atoms with Gasteiger partial charge in [0.05, 0.1) is 21.7 Å². The van der Waals surface area contributed by atoms with Crippen LogP contribution in [0.4, 0.5) is 5.69 Å². The third kappa shape index (κ3) is 5.22. The van der Waals surface area contributed by atoms with Gasteiger partial charge in [-0.3, -0.25) is 9.52 Å². The summed E-state index contributed by atoms with van der Waals surface area (Å²) in [6.45, 7) is 3.06. The zero-order chi connectivity index (χ0) is 23.4. The van der Waals surface area contributed by atoms with Crippen LogP contribution in [0.1, 0.15) is 15.9 Å². The van der Waals surface area contributed by atoms with Gasteiger partial charge in [0.25, 0.3) is 15.9 Å². The molecule has 4 rings (SSSR count). The normalized spacial score (nSPS) is 12.2. The molecule has 0 unspecified atom stereocenters. The van der Waals surface area contributed by atoms with E-state index < -0.39 is 15.9 Å². The van der Waals surface area contributed by atoms with E-state index in [-0.39, 0.29) is 10.5 Å². The predicted molar refractivity (Wildman–Crippen MR) is 130 cm³/mol. The number of rotatable bonds is 7. The van der Waals surface area contributed by atoms with Crippen molar-refractivity contribution in [1.82, 2.24) is 4.57 Å². The Balaban J connectivity index is 1.67. The molecule has 1 aromatic heterocycles. The minimum Gasteiger partial charge on any atom is -0.383 e. The molecule has 3 aromatic carbocycles. The lowest BCUT2D eigenvalue weighted by Crippen LogP contribution is -2.19. The Bertz CT molecular complexity index is 1470. The first kappa shape index (κ1) is 22.9. The maximum atomic E-state index is 13.0. The third-order valence-corrected chi connectivity index (χ3v) is 7.41. The van der Waals surface area contributed by atoms with Crippen molar-refractivity contribution in [2.45, 2.75) is 18.4 Å². The average Bonchev–Trinajstić information content (AvgIpc) is 3.13. The standard InChI is InChI=1S/C24H23N3O4S2/c1-17-11-12-21-22(15-17)32-24(27(21)13-14-31-2)25-23(28)18-7-6-8-19(16-18)26-33(29,30)20-9-4-3-5-10-20/h3-12,15-16,26H,13-14H2,1-2H3. The molecule has 0 aliphatic rings. The molecule has 0 aliphatic carbocycles. The molecule has 1 N–H and O–H groups in total. The Morgan fingerprint density at radius 1 is 1.06 bits per heavy atom. The molecule has 0 bridgehead atoms. The van der Waals surface area contributed by atoms with Crippen molar-refractivity contribution in [2.24, 2.45) is 4.99 Å². The van der Waals surface area contributed by atoms with Crippen LogP contribution in [0.2, 0.25) is 0 Å². The molecule has 170 valence electrons. The second-order valence-corrected chi connectivity index (χ2v) is 10.1. The van der Waals surface area contributed by atoms with E-state index in [0.717, 1.165) is 15.8 Å². The number of aryl methyl sites for hydroxylation is 1. The van der Waals surface area contributed by atoms with Gasteiger partial charge in [0.2, 0.25) is 0 Å². The number of hydrogen-bond acceptors (Lipinski definition) is 5. The molecule has 0 fully saturated rings. The van der Waals surface area contributed by atoms with Crippen LogP contribution in [0.5, 0.6) is 0 Å². The molecule has 0 atom stereocenters. The zero-order valence-electron chi connectivity index (χ0n) is 18.2. The van der Waals surface area contributed by atoms with Crippen molar-refractivity contribution >= 4 is 43.2 Å². The van der Waals surface area contributed by atoms with E-state index >= 15 is 0 Å². The number of thiazole rings is 1. The van der Waals surface area contributed by atoms with Gasteiger partial charge in [-0.25, -0.2) is 8.42 Å². The number of nitrogens with zero attached hydrogens (tertiary/aromatic N) is 2. The number of carbonyl (C=O) groups is 1. The summed E-state index contributed by atoms with van der Waals surface area (Å²) in [5.74, 6) is -0.454. The number of sulfonamides is 1. The molecule has 0 spiro atoms. The van der Waals surface area contributed by atoms with Gasteiger partial charge >= 0.3 is 0 Å². The zero-order valence-corrected chi connectivity index (χ0v) is 19.8. The number of carbonyl (C=O) groups excluding carboxylic acids is 1. The van der Waals surface area contributed by atoms with Crippen molar-refractivity contribution in [3.63, 3.8) is 0 Å². The number of amides is 1. The molecule has 4 aromatic rings. The first-order chi connectivity index (χ1) is 15.9. The molecule has 1 heterocycles. The van der Waals surface area contributed by atoms with E-state index in [1.54, 1.807) is 43.5 Å². The fraction of sp³-hybridized carbons (Fsp3) is 0.167. The van der Waals surface area contributed by atoms with Crippen molar-refractivity contribution in [3.8, 4) is 0 Å². The Kier molecular flexibility index (Phi) is 6.73. The number of nitrogens with one attached hydrogen (secondary N) is 1. The largest absolute Gasteiger partial charge is 0.383 e. The van der Waals surface area contributed by atoms with Crippen LogP contribution in [-0.4, -0.2) is 32.6 Å². The van der Waals surface area contributed by atoms with E-state index in [1.165, 1.54) is 29.5 Å². The van der Waals surface area contributed by atoms with E-state index in [4.69, 9.17) is 4.74 Å². The fourth-order valence-electron chi connectivity index (χ4n) is 3.35. The SMILES string of the molecule is COCCn1c(=NC(=O)c2cccc(NS(=O)(=O)c3ccccc3)c2)sc2cc(C)ccc21. The highest BCUT2D eigenvalue weighted by Crippen LogP contribution is 2.20. The summed E-state index contributed by atoms with van der Waals surface area (Å²) in [7, 11) is -2.13. The molecule has 33 heavy (non-hydrogen) atoms. The van der Waals surface area contributed by atoms with Crippen LogP contribution in [0, 0.1) is 6.92 Å². The molecule has 0 aliphatic heterocycles. The number of fused-ring (bicyclic) bond motifs is 1. The topological polar surface area (TPSA) is 89.8 Å². The van der Waals surface area contributed by atoms with Gasteiger partial charge in [-0.1, -0.05) is 41.7 Å². The van der Waals surface area contributed by atoms with Gasteiger partial charge < -0.3 is 9.30 Å². The highest BCUT2D eigenvalue weighted by molar-refractivity contribution is 7.92. The van der Waals surface area contributed by atoms with Crippen LogP contribution in [0.15, 0.2) is 82.7 Å². The van der Waals surface area contributed by atoms with Crippen molar-refractivity contribution in [1.29, 1.82) is 0 Å². The van der Waals surface area contributed by atoms with E-state index in [0.29, 0.717) is 23.6 Å². The van der Waals surface area contributed by atoms with Crippen molar-refractivity contribution in [2.75, 3.05) is 18.4 Å². The minimum atomic E-state index is -3.76. The lowest BCUT2D eigenvalue weighted by atomic mass is 10.2. The smallest absolute Gasteiger partial charge is 0.279 e. The first-order valence-electron chi connectivity index (χ1n) is 10.2. The molecule has 0 saturated carbocycles. The second kappa shape index (κ2) is 9.70. The molecule has 9 heteroatoms. The quantitative estimate of drug-likeness (QED) is 0.428. The number of anilines is 1. The molecule has 1 amide bonds. The van der Waals surface area contributed by atoms with Crippen LogP contribution >= 0.6 is 11.3 Å². The van der Waals surface area contributed by atoms with Gasteiger partial charge in [0, 0.05) is 24.9 Å². The summed E-state index contributed by atoms with van der Waals surface area (Å²) >= 11 is 1.43. The van der Waals surface area contributed by atoms with Crippen LogP contribution in [-0.2, 0) is 21.3 Å². The number of ether oxygens (including phenoxy) is 1. The molecular weight excluding hydrogens is 458 g/mol. The monoisotopic (exact) mass is 481 g/mol.